The lowest BCUT2D eigenvalue weighted by Gasteiger charge is -2.40. The van der Waals surface area contributed by atoms with Gasteiger partial charge in [0.2, 0.25) is 5.91 Å². The van der Waals surface area contributed by atoms with Crippen LogP contribution in [0.4, 0.5) is 4.39 Å². The number of carbonyl (C=O) groups is 2. The van der Waals surface area contributed by atoms with Gasteiger partial charge in [0.25, 0.3) is 5.91 Å². The maximum Gasteiger partial charge on any atom is 0.257 e. The molecule has 2 aromatic carbocycles. The van der Waals surface area contributed by atoms with E-state index in [2.05, 4.69) is 6.07 Å². The smallest absolute Gasteiger partial charge is 0.257 e. The zero-order valence-corrected chi connectivity index (χ0v) is 21.4. The summed E-state index contributed by atoms with van der Waals surface area (Å²) in [7, 11) is 0. The second kappa shape index (κ2) is 10.2. The predicted octanol–water partition coefficient (Wildman–Crippen LogP) is 5.64. The summed E-state index contributed by atoms with van der Waals surface area (Å²) in [4.78, 5) is 31.5. The SMILES string of the molecule is Cc1ccc(OCC2c3ccsc3CCN2C(=O)CN(C(=O)c2ccccc2F)C(C)(C)C)cc1. The number of thiophene rings is 1. The third-order valence-electron chi connectivity index (χ3n) is 6.30. The van der Waals surface area contributed by atoms with E-state index in [4.69, 9.17) is 4.74 Å². The molecule has 0 spiro atoms. The second-order valence-electron chi connectivity index (χ2n) is 9.82. The van der Waals surface area contributed by atoms with Gasteiger partial charge in [-0.05, 0) is 75.4 Å². The topological polar surface area (TPSA) is 49.9 Å². The van der Waals surface area contributed by atoms with Gasteiger partial charge in [0, 0.05) is 17.0 Å². The Morgan fingerprint density at radius 3 is 2.51 bits per heavy atom. The molecule has 0 saturated heterocycles. The second-order valence-corrected chi connectivity index (χ2v) is 10.8. The molecular formula is C28H31FN2O3S. The molecule has 5 nitrogen and oxygen atoms in total. The van der Waals surface area contributed by atoms with Gasteiger partial charge >= 0.3 is 0 Å². The molecule has 2 heterocycles. The highest BCUT2D eigenvalue weighted by molar-refractivity contribution is 7.10. The van der Waals surface area contributed by atoms with Crippen LogP contribution in [0.1, 0.15) is 53.2 Å². The minimum atomic E-state index is -0.674. The Kier molecular flexibility index (Phi) is 7.26. The van der Waals surface area contributed by atoms with Crippen molar-refractivity contribution in [3.8, 4) is 5.75 Å². The summed E-state index contributed by atoms with van der Waals surface area (Å²) in [5, 5.41) is 2.04. The summed E-state index contributed by atoms with van der Waals surface area (Å²) >= 11 is 1.69. The molecule has 0 N–H and O–H groups in total. The summed E-state index contributed by atoms with van der Waals surface area (Å²) in [6.07, 6.45) is 0.760. The van der Waals surface area contributed by atoms with Crippen LogP contribution in [-0.2, 0) is 11.2 Å². The van der Waals surface area contributed by atoms with Crippen molar-refractivity contribution in [2.24, 2.45) is 0 Å². The molecule has 0 fully saturated rings. The first-order valence-corrected chi connectivity index (χ1v) is 12.6. The number of hydrogen-bond donors (Lipinski definition) is 0. The van der Waals surface area contributed by atoms with Crippen LogP contribution >= 0.6 is 11.3 Å². The lowest BCUT2D eigenvalue weighted by molar-refractivity contribution is -0.136. The first kappa shape index (κ1) is 24.9. The normalized spacial score (nSPS) is 15.5. The molecule has 7 heteroatoms. The molecule has 0 aliphatic carbocycles. The molecule has 35 heavy (non-hydrogen) atoms. The molecule has 1 atom stereocenters. The van der Waals surface area contributed by atoms with Gasteiger partial charge in [0.15, 0.2) is 0 Å². The number of rotatable bonds is 6. The molecule has 1 aliphatic heterocycles. The number of hydrogen-bond acceptors (Lipinski definition) is 4. The molecule has 1 aliphatic rings. The Balaban J connectivity index is 1.57. The quantitative estimate of drug-likeness (QED) is 0.446. The van der Waals surface area contributed by atoms with Gasteiger partial charge in [-0.25, -0.2) is 4.39 Å². The van der Waals surface area contributed by atoms with E-state index in [1.54, 1.807) is 28.4 Å². The highest BCUT2D eigenvalue weighted by Crippen LogP contribution is 2.34. The Hall–Kier alpha value is -3.19. The average Bonchev–Trinajstić information content (AvgIpc) is 3.30. The van der Waals surface area contributed by atoms with Crippen LogP contribution in [0.5, 0.6) is 5.75 Å². The summed E-state index contributed by atoms with van der Waals surface area (Å²) in [5.41, 5.74) is 1.53. The molecule has 2 amide bonds. The fraction of sp³-hybridized carbons (Fsp3) is 0.357. The molecular weight excluding hydrogens is 463 g/mol. The largest absolute Gasteiger partial charge is 0.491 e. The molecule has 0 saturated carbocycles. The van der Waals surface area contributed by atoms with Gasteiger partial charge in [-0.15, -0.1) is 11.3 Å². The van der Waals surface area contributed by atoms with Crippen molar-refractivity contribution in [3.05, 3.63) is 87.4 Å². The number of benzene rings is 2. The van der Waals surface area contributed by atoms with E-state index in [1.807, 2.05) is 57.3 Å². The summed E-state index contributed by atoms with van der Waals surface area (Å²) in [6.45, 7) is 8.29. The Morgan fingerprint density at radius 2 is 1.83 bits per heavy atom. The van der Waals surface area contributed by atoms with Crippen molar-refractivity contribution in [2.45, 2.75) is 45.7 Å². The van der Waals surface area contributed by atoms with E-state index in [1.165, 1.54) is 21.9 Å². The van der Waals surface area contributed by atoms with Crippen molar-refractivity contribution in [3.63, 3.8) is 0 Å². The highest BCUT2D eigenvalue weighted by atomic mass is 32.1. The molecule has 0 bridgehead atoms. The first-order chi connectivity index (χ1) is 16.6. The summed E-state index contributed by atoms with van der Waals surface area (Å²) < 4.78 is 20.5. The zero-order valence-electron chi connectivity index (χ0n) is 20.6. The molecule has 1 aromatic heterocycles. The molecule has 184 valence electrons. The molecule has 4 rings (SSSR count). The summed E-state index contributed by atoms with van der Waals surface area (Å²) in [5.74, 6) is -0.524. The van der Waals surface area contributed by atoms with Gasteiger partial charge in [-0.3, -0.25) is 9.59 Å². The fourth-order valence-electron chi connectivity index (χ4n) is 4.30. The number of halogens is 1. The minimum absolute atomic E-state index is 0.0340. The van der Waals surface area contributed by atoms with Gasteiger partial charge in [0.1, 0.15) is 24.7 Å². The van der Waals surface area contributed by atoms with Crippen molar-refractivity contribution in [2.75, 3.05) is 19.7 Å². The maximum atomic E-state index is 14.4. The third kappa shape index (κ3) is 5.56. The van der Waals surface area contributed by atoms with Crippen LogP contribution in [0.25, 0.3) is 0 Å². The van der Waals surface area contributed by atoms with E-state index in [0.29, 0.717) is 13.2 Å². The van der Waals surface area contributed by atoms with E-state index in [-0.39, 0.29) is 24.1 Å². The zero-order chi connectivity index (χ0) is 25.2. The minimum Gasteiger partial charge on any atom is -0.491 e. The fourth-order valence-corrected chi connectivity index (χ4v) is 5.23. The highest BCUT2D eigenvalue weighted by Gasteiger charge is 2.36. The number of carbonyl (C=O) groups excluding carboxylic acids is 2. The van der Waals surface area contributed by atoms with E-state index >= 15 is 0 Å². The number of ether oxygens (including phenoxy) is 1. The molecule has 1 unspecified atom stereocenters. The maximum absolute atomic E-state index is 14.4. The summed E-state index contributed by atoms with van der Waals surface area (Å²) in [6, 6.07) is 15.5. The molecule has 3 aromatic rings. The Labute approximate surface area is 210 Å². The van der Waals surface area contributed by atoms with Crippen LogP contribution in [0, 0.1) is 12.7 Å². The Bertz CT molecular complexity index is 1200. The lowest BCUT2D eigenvalue weighted by atomic mass is 9.99. The van der Waals surface area contributed by atoms with Crippen molar-refractivity contribution in [1.82, 2.24) is 9.80 Å². The van der Waals surface area contributed by atoms with E-state index in [0.717, 1.165) is 23.3 Å². The van der Waals surface area contributed by atoms with Crippen molar-refractivity contribution in [1.29, 1.82) is 0 Å². The number of fused-ring (bicyclic) bond motifs is 1. The number of amides is 2. The van der Waals surface area contributed by atoms with Crippen LogP contribution < -0.4 is 4.74 Å². The van der Waals surface area contributed by atoms with Crippen molar-refractivity contribution < 1.29 is 18.7 Å². The van der Waals surface area contributed by atoms with Gasteiger partial charge in [-0.1, -0.05) is 29.8 Å². The number of aryl methyl sites for hydroxylation is 1. The van der Waals surface area contributed by atoms with Gasteiger partial charge < -0.3 is 14.5 Å². The van der Waals surface area contributed by atoms with E-state index < -0.39 is 17.3 Å². The van der Waals surface area contributed by atoms with Crippen LogP contribution in [0.15, 0.2) is 60.0 Å². The number of nitrogens with zero attached hydrogens (tertiary/aromatic N) is 2. The monoisotopic (exact) mass is 494 g/mol. The average molecular weight is 495 g/mol. The van der Waals surface area contributed by atoms with Gasteiger partial charge in [0.05, 0.1) is 11.6 Å². The third-order valence-corrected chi connectivity index (χ3v) is 7.29. The van der Waals surface area contributed by atoms with Crippen molar-refractivity contribution >= 4 is 23.2 Å². The van der Waals surface area contributed by atoms with E-state index in [9.17, 15) is 14.0 Å². The standard InChI is InChI=1S/C28H31FN2O3S/c1-19-9-11-20(12-10-19)34-18-24-22-14-16-35-25(22)13-15-30(24)26(32)17-31(28(2,3)4)27(33)21-7-5-6-8-23(21)29/h5-12,14,16,24H,13,15,17-18H2,1-4H3. The lowest BCUT2D eigenvalue weighted by Crippen LogP contribution is -2.53. The van der Waals surface area contributed by atoms with Gasteiger partial charge in [-0.2, -0.15) is 0 Å². The van der Waals surface area contributed by atoms with Crippen LogP contribution in [0.2, 0.25) is 0 Å². The first-order valence-electron chi connectivity index (χ1n) is 11.8. The van der Waals surface area contributed by atoms with Crippen LogP contribution in [-0.4, -0.2) is 46.8 Å². The predicted molar refractivity (Wildman–Crippen MR) is 136 cm³/mol. The Morgan fingerprint density at radius 1 is 1.11 bits per heavy atom. The molecule has 0 radical (unpaired) electrons. The van der Waals surface area contributed by atoms with Crippen LogP contribution in [0.3, 0.4) is 0 Å².